The highest BCUT2D eigenvalue weighted by Gasteiger charge is 2.10. The Labute approximate surface area is 109 Å². The highest BCUT2D eigenvalue weighted by molar-refractivity contribution is 5.82. The lowest BCUT2D eigenvalue weighted by molar-refractivity contribution is -0.117. The SMILES string of the molecule is CCc1ccc(CC(=O)CC2=CCCCC2)nc1. The molecule has 1 aromatic heterocycles. The number of aromatic nitrogens is 1. The van der Waals surface area contributed by atoms with Crippen LogP contribution in [0.25, 0.3) is 0 Å². The summed E-state index contributed by atoms with van der Waals surface area (Å²) in [7, 11) is 0. The molecular weight excluding hydrogens is 222 g/mol. The van der Waals surface area contributed by atoms with Crippen LogP contribution in [0.5, 0.6) is 0 Å². The van der Waals surface area contributed by atoms with Gasteiger partial charge in [0.15, 0.2) is 0 Å². The van der Waals surface area contributed by atoms with Crippen molar-refractivity contribution in [3.8, 4) is 0 Å². The van der Waals surface area contributed by atoms with Gasteiger partial charge in [-0.25, -0.2) is 0 Å². The maximum atomic E-state index is 12.0. The fourth-order valence-electron chi connectivity index (χ4n) is 2.35. The first-order valence-electron chi connectivity index (χ1n) is 6.91. The highest BCUT2D eigenvalue weighted by atomic mass is 16.1. The Bertz CT molecular complexity index is 431. The Morgan fingerprint density at radius 1 is 1.28 bits per heavy atom. The van der Waals surface area contributed by atoms with E-state index < -0.39 is 0 Å². The van der Waals surface area contributed by atoms with E-state index in [1.54, 1.807) is 0 Å². The molecule has 96 valence electrons. The molecule has 0 N–H and O–H groups in total. The number of carbonyl (C=O) groups excluding carboxylic acids is 1. The van der Waals surface area contributed by atoms with E-state index in [4.69, 9.17) is 0 Å². The molecule has 0 aromatic carbocycles. The second-order valence-electron chi connectivity index (χ2n) is 5.01. The summed E-state index contributed by atoms with van der Waals surface area (Å²) < 4.78 is 0. The largest absolute Gasteiger partial charge is 0.299 e. The number of Topliss-reactive ketones (excluding diaryl/α,β-unsaturated/α-hetero) is 1. The molecule has 2 nitrogen and oxygen atoms in total. The minimum Gasteiger partial charge on any atom is -0.299 e. The van der Waals surface area contributed by atoms with E-state index >= 15 is 0 Å². The molecular formula is C16H21NO. The van der Waals surface area contributed by atoms with Crippen LogP contribution in [-0.2, 0) is 17.6 Å². The number of nitrogens with zero attached hydrogens (tertiary/aromatic N) is 1. The Morgan fingerprint density at radius 2 is 2.17 bits per heavy atom. The normalized spacial score (nSPS) is 15.3. The van der Waals surface area contributed by atoms with Crippen molar-refractivity contribution in [3.63, 3.8) is 0 Å². The van der Waals surface area contributed by atoms with Crippen LogP contribution in [0.15, 0.2) is 30.0 Å². The molecule has 1 aliphatic rings. The van der Waals surface area contributed by atoms with Crippen molar-refractivity contribution in [1.82, 2.24) is 4.98 Å². The molecule has 0 saturated heterocycles. The number of carbonyl (C=O) groups is 1. The van der Waals surface area contributed by atoms with Crippen molar-refractivity contribution in [1.29, 1.82) is 0 Å². The van der Waals surface area contributed by atoms with Gasteiger partial charge >= 0.3 is 0 Å². The molecule has 18 heavy (non-hydrogen) atoms. The molecule has 0 amide bonds. The van der Waals surface area contributed by atoms with Crippen molar-refractivity contribution < 1.29 is 4.79 Å². The fourth-order valence-corrected chi connectivity index (χ4v) is 2.35. The lowest BCUT2D eigenvalue weighted by Crippen LogP contribution is -2.07. The van der Waals surface area contributed by atoms with Gasteiger partial charge in [-0.15, -0.1) is 0 Å². The van der Waals surface area contributed by atoms with Crippen LogP contribution < -0.4 is 0 Å². The Kier molecular flexibility index (Phi) is 4.68. The van der Waals surface area contributed by atoms with Crippen molar-refractivity contribution in [2.75, 3.05) is 0 Å². The lowest BCUT2D eigenvalue weighted by atomic mass is 9.94. The zero-order valence-corrected chi connectivity index (χ0v) is 11.1. The Hall–Kier alpha value is -1.44. The molecule has 0 radical (unpaired) electrons. The standard InChI is InChI=1S/C16H21NO/c1-2-13-8-9-15(17-12-13)11-16(18)10-14-6-4-3-5-7-14/h6,8-9,12H,2-5,7,10-11H2,1H3. The first-order valence-corrected chi connectivity index (χ1v) is 6.91. The maximum Gasteiger partial charge on any atom is 0.142 e. The number of aryl methyl sites for hydroxylation is 1. The monoisotopic (exact) mass is 243 g/mol. The molecule has 0 atom stereocenters. The lowest BCUT2D eigenvalue weighted by Gasteiger charge is -2.11. The summed E-state index contributed by atoms with van der Waals surface area (Å²) in [6, 6.07) is 4.04. The highest BCUT2D eigenvalue weighted by Crippen LogP contribution is 2.20. The predicted octanol–water partition coefficient (Wildman–Crippen LogP) is 3.65. The smallest absolute Gasteiger partial charge is 0.142 e. The summed E-state index contributed by atoms with van der Waals surface area (Å²) in [6.07, 6.45) is 11.0. The summed E-state index contributed by atoms with van der Waals surface area (Å²) in [6.45, 7) is 2.11. The topological polar surface area (TPSA) is 30.0 Å². The number of hydrogen-bond acceptors (Lipinski definition) is 2. The van der Waals surface area contributed by atoms with Gasteiger partial charge in [0.25, 0.3) is 0 Å². The van der Waals surface area contributed by atoms with Crippen LogP contribution in [-0.4, -0.2) is 10.8 Å². The van der Waals surface area contributed by atoms with Crippen LogP contribution >= 0.6 is 0 Å². The molecule has 1 aliphatic carbocycles. The van der Waals surface area contributed by atoms with Gasteiger partial charge in [-0.3, -0.25) is 9.78 Å². The zero-order valence-electron chi connectivity index (χ0n) is 11.1. The summed E-state index contributed by atoms with van der Waals surface area (Å²) in [5.74, 6) is 0.292. The van der Waals surface area contributed by atoms with E-state index in [0.29, 0.717) is 18.6 Å². The van der Waals surface area contributed by atoms with Gasteiger partial charge in [0.2, 0.25) is 0 Å². The molecule has 0 bridgehead atoms. The first kappa shape index (κ1) is 13.0. The maximum absolute atomic E-state index is 12.0. The van der Waals surface area contributed by atoms with E-state index in [9.17, 15) is 4.79 Å². The van der Waals surface area contributed by atoms with Gasteiger partial charge in [0.05, 0.1) is 0 Å². The van der Waals surface area contributed by atoms with Gasteiger partial charge in [0.1, 0.15) is 5.78 Å². The third-order valence-electron chi connectivity index (χ3n) is 3.48. The van der Waals surface area contributed by atoms with Crippen molar-refractivity contribution in [2.24, 2.45) is 0 Å². The second-order valence-corrected chi connectivity index (χ2v) is 5.01. The molecule has 0 fully saturated rings. The third kappa shape index (κ3) is 3.80. The minimum atomic E-state index is 0.292. The number of ketones is 1. The van der Waals surface area contributed by atoms with Crippen LogP contribution in [0.3, 0.4) is 0 Å². The number of pyridine rings is 1. The molecule has 0 spiro atoms. The van der Waals surface area contributed by atoms with Crippen LogP contribution in [0, 0.1) is 0 Å². The molecule has 0 aliphatic heterocycles. The minimum absolute atomic E-state index is 0.292. The average molecular weight is 243 g/mol. The molecule has 1 aromatic rings. The summed E-state index contributed by atoms with van der Waals surface area (Å²) in [5.41, 5.74) is 3.45. The van der Waals surface area contributed by atoms with Crippen LogP contribution in [0.1, 0.15) is 50.3 Å². The molecule has 0 unspecified atom stereocenters. The summed E-state index contributed by atoms with van der Waals surface area (Å²) in [5, 5.41) is 0. The first-order chi connectivity index (χ1) is 8.78. The zero-order chi connectivity index (χ0) is 12.8. The fraction of sp³-hybridized carbons (Fsp3) is 0.500. The molecule has 2 rings (SSSR count). The van der Waals surface area contributed by atoms with Gasteiger partial charge < -0.3 is 0 Å². The Balaban J connectivity index is 1.88. The number of hydrogen-bond donors (Lipinski definition) is 0. The molecule has 0 saturated carbocycles. The summed E-state index contributed by atoms with van der Waals surface area (Å²) >= 11 is 0. The Morgan fingerprint density at radius 3 is 2.78 bits per heavy atom. The van der Waals surface area contributed by atoms with Gasteiger partial charge in [-0.1, -0.05) is 24.6 Å². The second kappa shape index (κ2) is 6.48. The van der Waals surface area contributed by atoms with E-state index in [0.717, 1.165) is 25.0 Å². The van der Waals surface area contributed by atoms with E-state index in [-0.39, 0.29) is 0 Å². The number of allylic oxidation sites excluding steroid dienone is 2. The quantitative estimate of drug-likeness (QED) is 0.739. The van der Waals surface area contributed by atoms with Crippen molar-refractivity contribution in [3.05, 3.63) is 41.2 Å². The number of rotatable bonds is 5. The third-order valence-corrected chi connectivity index (χ3v) is 3.48. The predicted molar refractivity (Wildman–Crippen MR) is 73.5 cm³/mol. The van der Waals surface area contributed by atoms with Gasteiger partial charge in [-0.2, -0.15) is 0 Å². The summed E-state index contributed by atoms with van der Waals surface area (Å²) in [4.78, 5) is 16.3. The van der Waals surface area contributed by atoms with Gasteiger partial charge in [0, 0.05) is 24.7 Å². The van der Waals surface area contributed by atoms with E-state index in [1.165, 1.54) is 24.0 Å². The van der Waals surface area contributed by atoms with Gasteiger partial charge in [-0.05, 0) is 43.7 Å². The van der Waals surface area contributed by atoms with E-state index in [2.05, 4.69) is 24.1 Å². The average Bonchev–Trinajstić information content (AvgIpc) is 2.40. The van der Waals surface area contributed by atoms with Crippen LogP contribution in [0.4, 0.5) is 0 Å². The van der Waals surface area contributed by atoms with E-state index in [1.807, 2.05) is 12.3 Å². The van der Waals surface area contributed by atoms with Crippen molar-refractivity contribution in [2.45, 2.75) is 51.9 Å². The molecule has 2 heteroatoms. The van der Waals surface area contributed by atoms with Crippen LogP contribution in [0.2, 0.25) is 0 Å². The molecule has 1 heterocycles. The van der Waals surface area contributed by atoms with Crippen molar-refractivity contribution >= 4 is 5.78 Å².